The molecule has 2 aromatic rings. The van der Waals surface area contributed by atoms with Crippen LogP contribution in [-0.4, -0.2) is 63.2 Å². The Labute approximate surface area is 180 Å². The number of aliphatic imine (C=N–C) groups is 1. The Morgan fingerprint density at radius 3 is 2.63 bits per heavy atom. The maximum absolute atomic E-state index is 4.97. The zero-order valence-corrected chi connectivity index (χ0v) is 18.4. The van der Waals surface area contributed by atoms with Gasteiger partial charge in [-0.25, -0.2) is 4.99 Å². The molecule has 0 amide bonds. The Balaban J connectivity index is 1.40. The minimum Gasteiger partial charge on any atom is -0.349 e. The van der Waals surface area contributed by atoms with Gasteiger partial charge in [0.1, 0.15) is 5.82 Å². The van der Waals surface area contributed by atoms with Crippen molar-refractivity contribution in [2.45, 2.75) is 45.7 Å². The van der Waals surface area contributed by atoms with Gasteiger partial charge in [0, 0.05) is 26.7 Å². The molecule has 30 heavy (non-hydrogen) atoms. The normalized spacial score (nSPS) is 20.7. The number of guanidine groups is 1. The molecule has 2 fully saturated rings. The highest BCUT2D eigenvalue weighted by Gasteiger charge is 2.27. The number of hydrogen-bond acceptors (Lipinski definition) is 4. The van der Waals surface area contributed by atoms with Crippen molar-refractivity contribution in [2.24, 2.45) is 18.0 Å². The molecule has 1 aromatic heterocycles. The number of benzene rings is 1. The molecule has 2 aliphatic heterocycles. The summed E-state index contributed by atoms with van der Waals surface area (Å²) >= 11 is 0. The lowest BCUT2D eigenvalue weighted by molar-refractivity contribution is 0.198. The summed E-state index contributed by atoms with van der Waals surface area (Å²) < 4.78 is 2.03. The maximum atomic E-state index is 4.97. The first kappa shape index (κ1) is 20.8. The van der Waals surface area contributed by atoms with Crippen molar-refractivity contribution < 1.29 is 0 Å². The lowest BCUT2D eigenvalue weighted by atomic mass is 10.1. The monoisotopic (exact) mass is 409 g/mol. The van der Waals surface area contributed by atoms with Gasteiger partial charge in [-0.05, 0) is 50.8 Å². The molecule has 1 unspecified atom stereocenters. The molecule has 1 N–H and O–H groups in total. The number of aromatic nitrogens is 3. The van der Waals surface area contributed by atoms with Gasteiger partial charge in [-0.3, -0.25) is 0 Å². The summed E-state index contributed by atoms with van der Waals surface area (Å²) in [4.78, 5) is 10.1. The molecule has 0 spiro atoms. The van der Waals surface area contributed by atoms with E-state index in [9.17, 15) is 0 Å². The second-order valence-corrected chi connectivity index (χ2v) is 8.66. The molecule has 0 aliphatic carbocycles. The number of nitrogens with one attached hydrogen (secondary N) is 1. The first-order valence-electron chi connectivity index (χ1n) is 11.3. The third kappa shape index (κ3) is 5.39. The van der Waals surface area contributed by atoms with Crippen molar-refractivity contribution in [3.8, 4) is 0 Å². The second kappa shape index (κ2) is 10.1. The SMILES string of the molecule is Cc1nnc(CNC(=NCc2ccccc2)N2CCC(CN3CCCCC3)C2)n1C. The Morgan fingerprint density at radius 1 is 1.10 bits per heavy atom. The van der Waals surface area contributed by atoms with Crippen molar-refractivity contribution in [1.82, 2.24) is 29.9 Å². The predicted molar refractivity (Wildman–Crippen MR) is 120 cm³/mol. The molecule has 2 saturated heterocycles. The van der Waals surface area contributed by atoms with E-state index in [1.165, 1.54) is 50.9 Å². The van der Waals surface area contributed by atoms with Gasteiger partial charge in [-0.2, -0.15) is 0 Å². The van der Waals surface area contributed by atoms with E-state index < -0.39 is 0 Å². The molecule has 2 aliphatic rings. The highest BCUT2D eigenvalue weighted by atomic mass is 15.3. The van der Waals surface area contributed by atoms with Crippen LogP contribution in [0.4, 0.5) is 0 Å². The fourth-order valence-corrected chi connectivity index (χ4v) is 4.46. The first-order valence-corrected chi connectivity index (χ1v) is 11.3. The fraction of sp³-hybridized carbons (Fsp3) is 0.609. The Morgan fingerprint density at radius 2 is 1.90 bits per heavy atom. The lowest BCUT2D eigenvalue weighted by Crippen LogP contribution is -2.41. The van der Waals surface area contributed by atoms with Gasteiger partial charge < -0.3 is 19.7 Å². The van der Waals surface area contributed by atoms with Gasteiger partial charge in [-0.15, -0.1) is 10.2 Å². The highest BCUT2D eigenvalue weighted by molar-refractivity contribution is 5.80. The van der Waals surface area contributed by atoms with E-state index in [-0.39, 0.29) is 0 Å². The van der Waals surface area contributed by atoms with Gasteiger partial charge in [0.2, 0.25) is 0 Å². The third-order valence-electron chi connectivity index (χ3n) is 6.39. The van der Waals surface area contributed by atoms with E-state index in [0.29, 0.717) is 13.1 Å². The van der Waals surface area contributed by atoms with E-state index >= 15 is 0 Å². The quantitative estimate of drug-likeness (QED) is 0.587. The predicted octanol–water partition coefficient (Wildman–Crippen LogP) is 2.58. The highest BCUT2D eigenvalue weighted by Crippen LogP contribution is 2.20. The molecule has 1 atom stereocenters. The van der Waals surface area contributed by atoms with Crippen LogP contribution in [0.25, 0.3) is 0 Å². The van der Waals surface area contributed by atoms with Crippen LogP contribution < -0.4 is 5.32 Å². The van der Waals surface area contributed by atoms with Crippen LogP contribution in [-0.2, 0) is 20.1 Å². The number of likely N-dealkylation sites (tertiary alicyclic amines) is 2. The summed E-state index contributed by atoms with van der Waals surface area (Å²) in [5.41, 5.74) is 1.23. The van der Waals surface area contributed by atoms with Crippen LogP contribution in [0, 0.1) is 12.8 Å². The number of aryl methyl sites for hydroxylation is 1. The van der Waals surface area contributed by atoms with Crippen LogP contribution in [0.15, 0.2) is 35.3 Å². The average Bonchev–Trinajstić information content (AvgIpc) is 3.37. The smallest absolute Gasteiger partial charge is 0.194 e. The standard InChI is InChI=1S/C23H35N7/c1-19-26-27-22(28(19)2)16-25-23(24-15-20-9-5-3-6-10-20)30-14-11-21(18-30)17-29-12-7-4-8-13-29/h3,5-6,9-10,21H,4,7-8,11-18H2,1-2H3,(H,24,25). The fourth-order valence-electron chi connectivity index (χ4n) is 4.46. The molecule has 162 valence electrons. The van der Waals surface area contributed by atoms with Crippen LogP contribution in [0.2, 0.25) is 0 Å². The van der Waals surface area contributed by atoms with E-state index in [4.69, 9.17) is 4.99 Å². The minimum atomic E-state index is 0.637. The first-order chi connectivity index (χ1) is 14.7. The van der Waals surface area contributed by atoms with Gasteiger partial charge in [-0.1, -0.05) is 36.8 Å². The minimum absolute atomic E-state index is 0.637. The lowest BCUT2D eigenvalue weighted by Gasteiger charge is -2.29. The number of hydrogen-bond donors (Lipinski definition) is 1. The Kier molecular flexibility index (Phi) is 7.00. The van der Waals surface area contributed by atoms with E-state index in [0.717, 1.165) is 36.6 Å². The van der Waals surface area contributed by atoms with E-state index in [1.807, 2.05) is 18.5 Å². The number of rotatable bonds is 6. The van der Waals surface area contributed by atoms with Gasteiger partial charge in [0.25, 0.3) is 0 Å². The van der Waals surface area contributed by atoms with E-state index in [1.54, 1.807) is 0 Å². The molecule has 3 heterocycles. The zero-order valence-electron chi connectivity index (χ0n) is 18.4. The summed E-state index contributed by atoms with van der Waals surface area (Å²) in [6.45, 7) is 9.22. The molecule has 0 bridgehead atoms. The van der Waals surface area contributed by atoms with Gasteiger partial charge in [0.05, 0.1) is 13.1 Å². The number of piperidine rings is 1. The summed E-state index contributed by atoms with van der Waals surface area (Å²) in [6.07, 6.45) is 5.36. The van der Waals surface area contributed by atoms with E-state index in [2.05, 4.69) is 55.6 Å². The zero-order chi connectivity index (χ0) is 20.8. The Bertz CT molecular complexity index is 823. The largest absolute Gasteiger partial charge is 0.349 e. The van der Waals surface area contributed by atoms with Crippen molar-refractivity contribution in [2.75, 3.05) is 32.7 Å². The molecule has 0 radical (unpaired) electrons. The van der Waals surface area contributed by atoms with Crippen molar-refractivity contribution in [3.05, 3.63) is 47.5 Å². The van der Waals surface area contributed by atoms with Crippen LogP contribution in [0.3, 0.4) is 0 Å². The summed E-state index contributed by atoms with van der Waals surface area (Å²) in [7, 11) is 2.01. The number of nitrogens with zero attached hydrogens (tertiary/aromatic N) is 6. The molecule has 1 aromatic carbocycles. The summed E-state index contributed by atoms with van der Waals surface area (Å²) in [6, 6.07) is 10.5. The van der Waals surface area contributed by atoms with Crippen molar-refractivity contribution in [3.63, 3.8) is 0 Å². The molecule has 7 nitrogen and oxygen atoms in total. The third-order valence-corrected chi connectivity index (χ3v) is 6.39. The topological polar surface area (TPSA) is 61.6 Å². The Hall–Kier alpha value is -2.41. The molecular formula is C23H35N7. The molecular weight excluding hydrogens is 374 g/mol. The summed E-state index contributed by atoms with van der Waals surface area (Å²) in [5, 5.41) is 12.0. The van der Waals surface area contributed by atoms with Gasteiger partial charge >= 0.3 is 0 Å². The van der Waals surface area contributed by atoms with Gasteiger partial charge in [0.15, 0.2) is 11.8 Å². The molecule has 7 heteroatoms. The van der Waals surface area contributed by atoms with Crippen molar-refractivity contribution >= 4 is 5.96 Å². The van der Waals surface area contributed by atoms with Crippen LogP contribution >= 0.6 is 0 Å². The average molecular weight is 410 g/mol. The van der Waals surface area contributed by atoms with Crippen LogP contribution in [0.5, 0.6) is 0 Å². The maximum Gasteiger partial charge on any atom is 0.194 e. The van der Waals surface area contributed by atoms with Crippen molar-refractivity contribution in [1.29, 1.82) is 0 Å². The molecule has 4 rings (SSSR count). The molecule has 0 saturated carbocycles. The summed E-state index contributed by atoms with van der Waals surface area (Å²) in [5.74, 6) is 3.57. The van der Waals surface area contributed by atoms with Crippen LogP contribution in [0.1, 0.15) is 42.9 Å². The second-order valence-electron chi connectivity index (χ2n) is 8.66.